The number of likely N-dealkylation sites (N-methyl/N-ethyl adjacent to an activating group) is 1. The normalized spacial score (nSPS) is 26.1. The van der Waals surface area contributed by atoms with Crippen LogP contribution in [0.15, 0.2) is 12.2 Å². The fourth-order valence-corrected chi connectivity index (χ4v) is 1.16. The van der Waals surface area contributed by atoms with Gasteiger partial charge in [-0.25, -0.2) is 0 Å². The van der Waals surface area contributed by atoms with Gasteiger partial charge in [-0.05, 0) is 14.0 Å². The molecule has 1 aliphatic heterocycles. The molecule has 0 aromatic rings. The van der Waals surface area contributed by atoms with Crippen molar-refractivity contribution in [3.63, 3.8) is 0 Å². The minimum absolute atomic E-state index is 0.241. The lowest BCUT2D eigenvalue weighted by atomic mass is 10.2. The maximum absolute atomic E-state index is 9.13. The molecule has 66 valence electrons. The highest BCUT2D eigenvalue weighted by molar-refractivity contribution is 5.04. The quantitative estimate of drug-likeness (QED) is 0.579. The first-order chi connectivity index (χ1) is 5.22. The highest BCUT2D eigenvalue weighted by atomic mass is 16.3. The molecule has 0 bridgehead atoms. The Labute approximate surface area is 69.5 Å². The van der Waals surface area contributed by atoms with Gasteiger partial charge in [0.15, 0.2) is 0 Å². The second kappa shape index (κ2) is 5.33. The summed E-state index contributed by atoms with van der Waals surface area (Å²) in [6, 6.07) is 0.241. The van der Waals surface area contributed by atoms with Crippen LogP contribution in [-0.4, -0.2) is 35.7 Å². The summed E-state index contributed by atoms with van der Waals surface area (Å²) in [6.45, 7) is 6.78. The zero-order chi connectivity index (χ0) is 8.85. The summed E-state index contributed by atoms with van der Waals surface area (Å²) in [6.07, 6.45) is 3.89. The van der Waals surface area contributed by atoms with Gasteiger partial charge >= 0.3 is 0 Å². The van der Waals surface area contributed by atoms with Gasteiger partial charge in [0.2, 0.25) is 0 Å². The lowest BCUT2D eigenvalue weighted by molar-refractivity contribution is 0.116. The van der Waals surface area contributed by atoms with E-state index in [-0.39, 0.29) is 12.1 Å². The van der Waals surface area contributed by atoms with Crippen LogP contribution in [0, 0.1) is 0 Å². The molecular weight excluding hydrogens is 138 g/mol. The predicted octanol–water partition coefficient (Wildman–Crippen LogP) is 1.26. The molecule has 0 aromatic heterocycles. The third-order valence-corrected chi connectivity index (χ3v) is 1.73. The summed E-state index contributed by atoms with van der Waals surface area (Å²) in [5.74, 6) is 0. The van der Waals surface area contributed by atoms with Crippen molar-refractivity contribution in [3.8, 4) is 0 Å². The van der Waals surface area contributed by atoms with Crippen molar-refractivity contribution in [2.75, 3.05) is 13.6 Å². The van der Waals surface area contributed by atoms with E-state index >= 15 is 0 Å². The van der Waals surface area contributed by atoms with Gasteiger partial charge in [-0.15, -0.1) is 0 Å². The smallest absolute Gasteiger partial charge is 0.0703 e. The molecule has 2 heteroatoms. The highest BCUT2D eigenvalue weighted by Crippen LogP contribution is 2.09. The van der Waals surface area contributed by atoms with Crippen molar-refractivity contribution in [1.29, 1.82) is 0 Å². The van der Waals surface area contributed by atoms with Crippen LogP contribution in [0.4, 0.5) is 0 Å². The first-order valence-corrected chi connectivity index (χ1v) is 4.27. The maximum Gasteiger partial charge on any atom is 0.0703 e. The van der Waals surface area contributed by atoms with Crippen molar-refractivity contribution >= 4 is 0 Å². The second-order valence-electron chi connectivity index (χ2n) is 2.60. The van der Waals surface area contributed by atoms with Crippen molar-refractivity contribution < 1.29 is 5.11 Å². The highest BCUT2D eigenvalue weighted by Gasteiger charge is 2.19. The molecule has 0 amide bonds. The standard InChI is InChI=1S/C7H13NO.C2H6/c1-6(9)7-4-3-5-8(7)2;1-2/h3-4,6-7,9H,5H2,1-2H3;1-2H3/t6-,7-;/m0./s1. The molecule has 0 saturated carbocycles. The third-order valence-electron chi connectivity index (χ3n) is 1.73. The fourth-order valence-electron chi connectivity index (χ4n) is 1.16. The zero-order valence-electron chi connectivity index (χ0n) is 7.91. The largest absolute Gasteiger partial charge is 0.391 e. The summed E-state index contributed by atoms with van der Waals surface area (Å²) in [4.78, 5) is 2.12. The van der Waals surface area contributed by atoms with E-state index < -0.39 is 0 Å². The van der Waals surface area contributed by atoms with E-state index in [0.717, 1.165) is 6.54 Å². The van der Waals surface area contributed by atoms with Gasteiger partial charge in [-0.1, -0.05) is 26.0 Å². The van der Waals surface area contributed by atoms with E-state index in [1.165, 1.54) is 0 Å². The minimum Gasteiger partial charge on any atom is -0.391 e. The van der Waals surface area contributed by atoms with E-state index in [2.05, 4.69) is 11.0 Å². The SMILES string of the molecule is CC.C[C@H](O)[C@@H]1C=CCN1C. The Morgan fingerprint density at radius 3 is 2.27 bits per heavy atom. The van der Waals surface area contributed by atoms with Crippen LogP contribution in [0.3, 0.4) is 0 Å². The Kier molecular flexibility index (Phi) is 5.16. The number of aliphatic hydroxyl groups excluding tert-OH is 1. The Balaban J connectivity index is 0.000000461. The number of nitrogens with zero attached hydrogens (tertiary/aromatic N) is 1. The lowest BCUT2D eigenvalue weighted by Crippen LogP contribution is -2.34. The Bertz CT molecular complexity index is 121. The van der Waals surface area contributed by atoms with Crippen LogP contribution in [0.1, 0.15) is 20.8 Å². The first-order valence-electron chi connectivity index (χ1n) is 4.27. The van der Waals surface area contributed by atoms with Gasteiger partial charge in [-0.3, -0.25) is 4.90 Å². The second-order valence-corrected chi connectivity index (χ2v) is 2.60. The van der Waals surface area contributed by atoms with Crippen LogP contribution in [0.5, 0.6) is 0 Å². The van der Waals surface area contributed by atoms with E-state index in [4.69, 9.17) is 5.11 Å². The van der Waals surface area contributed by atoms with Gasteiger partial charge in [0.05, 0.1) is 12.1 Å². The Morgan fingerprint density at radius 1 is 1.55 bits per heavy atom. The molecule has 0 radical (unpaired) electrons. The fraction of sp³-hybridized carbons (Fsp3) is 0.778. The van der Waals surface area contributed by atoms with Crippen molar-refractivity contribution in [3.05, 3.63) is 12.2 Å². The van der Waals surface area contributed by atoms with Gasteiger partial charge in [0.1, 0.15) is 0 Å². The molecule has 1 aliphatic rings. The van der Waals surface area contributed by atoms with Crippen LogP contribution in [0.25, 0.3) is 0 Å². The molecular formula is C9H19NO. The third kappa shape index (κ3) is 3.04. The minimum atomic E-state index is -0.242. The van der Waals surface area contributed by atoms with Crippen molar-refractivity contribution in [2.24, 2.45) is 0 Å². The van der Waals surface area contributed by atoms with E-state index in [1.807, 2.05) is 33.9 Å². The monoisotopic (exact) mass is 157 g/mol. The first kappa shape index (κ1) is 10.7. The summed E-state index contributed by atoms with van der Waals surface area (Å²) in [5, 5.41) is 9.13. The molecule has 0 saturated heterocycles. The van der Waals surface area contributed by atoms with Crippen molar-refractivity contribution in [1.82, 2.24) is 4.90 Å². The summed E-state index contributed by atoms with van der Waals surface area (Å²) in [7, 11) is 2.01. The number of rotatable bonds is 1. The van der Waals surface area contributed by atoms with Crippen LogP contribution in [-0.2, 0) is 0 Å². The summed E-state index contributed by atoms with van der Waals surface area (Å²) >= 11 is 0. The van der Waals surface area contributed by atoms with Gasteiger partial charge in [-0.2, -0.15) is 0 Å². The zero-order valence-corrected chi connectivity index (χ0v) is 7.91. The van der Waals surface area contributed by atoms with E-state index in [0.29, 0.717) is 0 Å². The molecule has 0 spiro atoms. The molecule has 1 N–H and O–H groups in total. The topological polar surface area (TPSA) is 23.5 Å². The molecule has 0 aliphatic carbocycles. The number of hydrogen-bond acceptors (Lipinski definition) is 2. The maximum atomic E-state index is 9.13. The van der Waals surface area contributed by atoms with Crippen LogP contribution < -0.4 is 0 Å². The average Bonchev–Trinajstić information content (AvgIpc) is 2.39. The molecule has 0 unspecified atom stereocenters. The summed E-state index contributed by atoms with van der Waals surface area (Å²) in [5.41, 5.74) is 0. The molecule has 11 heavy (non-hydrogen) atoms. The molecule has 2 atom stereocenters. The average molecular weight is 157 g/mol. The Morgan fingerprint density at radius 2 is 2.09 bits per heavy atom. The molecule has 2 nitrogen and oxygen atoms in total. The molecule has 0 fully saturated rings. The van der Waals surface area contributed by atoms with E-state index in [1.54, 1.807) is 0 Å². The number of aliphatic hydroxyl groups is 1. The predicted molar refractivity (Wildman–Crippen MR) is 48.6 cm³/mol. The lowest BCUT2D eigenvalue weighted by Gasteiger charge is -2.21. The van der Waals surface area contributed by atoms with Crippen molar-refractivity contribution in [2.45, 2.75) is 32.9 Å². The number of hydrogen-bond donors (Lipinski definition) is 1. The van der Waals surface area contributed by atoms with Gasteiger partial charge in [0, 0.05) is 6.54 Å². The molecule has 1 rings (SSSR count). The van der Waals surface area contributed by atoms with Gasteiger partial charge < -0.3 is 5.11 Å². The molecule has 1 heterocycles. The Hall–Kier alpha value is -0.340. The van der Waals surface area contributed by atoms with Gasteiger partial charge in [0.25, 0.3) is 0 Å². The summed E-state index contributed by atoms with van der Waals surface area (Å²) < 4.78 is 0. The van der Waals surface area contributed by atoms with Crippen LogP contribution in [0.2, 0.25) is 0 Å². The molecule has 0 aromatic carbocycles. The van der Waals surface area contributed by atoms with E-state index in [9.17, 15) is 0 Å². The van der Waals surface area contributed by atoms with Crippen LogP contribution >= 0.6 is 0 Å².